The van der Waals surface area contributed by atoms with Crippen molar-refractivity contribution in [1.29, 1.82) is 0 Å². The van der Waals surface area contributed by atoms with Crippen LogP contribution in [0.3, 0.4) is 0 Å². The minimum absolute atomic E-state index is 0.0592. The minimum atomic E-state index is -0.507. The molecule has 3 aromatic heterocycles. The van der Waals surface area contributed by atoms with E-state index in [1.54, 1.807) is 45.4 Å². The maximum atomic E-state index is 13.8. The van der Waals surface area contributed by atoms with Gasteiger partial charge in [-0.15, -0.1) is 0 Å². The third-order valence-electron chi connectivity index (χ3n) is 12.2. The van der Waals surface area contributed by atoms with Crippen LogP contribution >= 0.6 is 23.2 Å². The van der Waals surface area contributed by atoms with Crippen molar-refractivity contribution >= 4 is 41.5 Å². The molecule has 0 saturated carbocycles. The van der Waals surface area contributed by atoms with Gasteiger partial charge in [0, 0.05) is 85.7 Å². The number of rotatable bonds is 10. The summed E-state index contributed by atoms with van der Waals surface area (Å²) in [4.78, 5) is 54.4. The van der Waals surface area contributed by atoms with Crippen LogP contribution in [-0.2, 0) is 34.0 Å². The third-order valence-corrected chi connectivity index (χ3v) is 12.6. The smallest absolute Gasteiger partial charge is 0.410 e. The molecule has 2 aromatic carbocycles. The Hall–Kier alpha value is -6.30. The van der Waals surface area contributed by atoms with Gasteiger partial charge in [-0.3, -0.25) is 15.0 Å². The van der Waals surface area contributed by atoms with E-state index in [1.165, 1.54) is 24.3 Å². The second-order valence-electron chi connectivity index (χ2n) is 21.9. The van der Waals surface area contributed by atoms with Gasteiger partial charge in [-0.2, -0.15) is 0 Å². The summed E-state index contributed by atoms with van der Waals surface area (Å²) in [5.41, 5.74) is 3.86. The molecule has 0 radical (unpaired) electrons. The number of carbonyl (C=O) groups excluding carboxylic acids is 3. The SMILES string of the molecule is CC(C)(C)OC(=O)N1CCC(c2ccnc(CO)c2)C1.CC(C)(C)OC(=O)N1CC[C@@H](c2ccnc(COc3ccc(Cl)cc3F)c2)C1.CC(C)(C)OC(=O)N1CC[C@H](c2ccnc(COc3ccc(Cl)cc3F)c2)C1. The maximum absolute atomic E-state index is 13.8. The molecule has 3 fully saturated rings. The zero-order chi connectivity index (χ0) is 55.4. The number of benzene rings is 2. The first-order chi connectivity index (χ1) is 35.8. The molecule has 1 unspecified atom stereocenters. The van der Waals surface area contributed by atoms with Crippen molar-refractivity contribution in [3.8, 4) is 11.5 Å². The van der Waals surface area contributed by atoms with Gasteiger partial charge in [-0.25, -0.2) is 23.2 Å². The Kier molecular flexibility index (Phi) is 20.3. The fourth-order valence-electron chi connectivity index (χ4n) is 8.56. The van der Waals surface area contributed by atoms with E-state index < -0.39 is 28.4 Å². The highest BCUT2D eigenvalue weighted by Crippen LogP contribution is 2.32. The molecular formula is C57H70Cl2F2N6O9. The van der Waals surface area contributed by atoms with E-state index in [4.69, 9.17) is 52.0 Å². The van der Waals surface area contributed by atoms with Crippen LogP contribution in [0.5, 0.6) is 11.5 Å². The van der Waals surface area contributed by atoms with E-state index in [-0.39, 0.29) is 67.4 Å². The van der Waals surface area contributed by atoms with Gasteiger partial charge in [0.15, 0.2) is 23.1 Å². The van der Waals surface area contributed by atoms with Crippen molar-refractivity contribution in [2.75, 3.05) is 39.3 Å². The number of pyridine rings is 3. The molecule has 3 aliphatic rings. The molecule has 76 heavy (non-hydrogen) atoms. The molecule has 1 N–H and O–H groups in total. The van der Waals surface area contributed by atoms with Crippen LogP contribution in [0.2, 0.25) is 10.0 Å². The van der Waals surface area contributed by atoms with Crippen LogP contribution in [0.15, 0.2) is 91.4 Å². The molecule has 5 aromatic rings. The zero-order valence-electron chi connectivity index (χ0n) is 44.8. The van der Waals surface area contributed by atoms with Gasteiger partial charge in [-0.05, 0) is 171 Å². The summed E-state index contributed by atoms with van der Waals surface area (Å²) in [7, 11) is 0. The summed E-state index contributed by atoms with van der Waals surface area (Å²) in [6, 6.07) is 20.2. The lowest BCUT2D eigenvalue weighted by atomic mass is 9.99. The van der Waals surface area contributed by atoms with Crippen molar-refractivity contribution in [3.05, 3.63) is 147 Å². The van der Waals surface area contributed by atoms with Crippen molar-refractivity contribution < 1.29 is 52.0 Å². The molecule has 0 spiro atoms. The van der Waals surface area contributed by atoms with Crippen molar-refractivity contribution in [2.24, 2.45) is 0 Å². The number of amides is 3. The number of aliphatic hydroxyl groups is 1. The first-order valence-electron chi connectivity index (χ1n) is 25.4. The van der Waals surface area contributed by atoms with Crippen LogP contribution in [-0.4, -0.2) is 109 Å². The van der Waals surface area contributed by atoms with Gasteiger partial charge in [0.1, 0.15) is 30.0 Å². The molecular weight excluding hydrogens is 1020 g/mol. The molecule has 19 heteroatoms. The van der Waals surface area contributed by atoms with Crippen molar-refractivity contribution in [2.45, 2.75) is 136 Å². The normalized spacial score (nSPS) is 17.5. The fraction of sp³-hybridized carbons (Fsp3) is 0.474. The predicted octanol–water partition coefficient (Wildman–Crippen LogP) is 12.7. The minimum Gasteiger partial charge on any atom is -0.484 e. The number of hydrogen-bond donors (Lipinski definition) is 1. The van der Waals surface area contributed by atoms with Crippen LogP contribution < -0.4 is 9.47 Å². The Morgan fingerprint density at radius 1 is 0.526 bits per heavy atom. The summed E-state index contributed by atoms with van der Waals surface area (Å²) in [6.45, 7) is 20.9. The number of ether oxygens (including phenoxy) is 5. The van der Waals surface area contributed by atoms with E-state index in [0.29, 0.717) is 66.4 Å². The van der Waals surface area contributed by atoms with Gasteiger partial charge in [0.2, 0.25) is 0 Å². The van der Waals surface area contributed by atoms with Gasteiger partial charge < -0.3 is 43.5 Å². The molecule has 6 heterocycles. The highest BCUT2D eigenvalue weighted by Gasteiger charge is 2.33. The molecule has 3 aliphatic heterocycles. The summed E-state index contributed by atoms with van der Waals surface area (Å²) in [5, 5.41) is 9.77. The number of likely N-dealkylation sites (tertiary alicyclic amines) is 3. The predicted molar refractivity (Wildman–Crippen MR) is 286 cm³/mol. The lowest BCUT2D eigenvalue weighted by Crippen LogP contribution is -2.35. The van der Waals surface area contributed by atoms with E-state index in [1.807, 2.05) is 98.7 Å². The molecule has 0 aliphatic carbocycles. The van der Waals surface area contributed by atoms with Gasteiger partial charge >= 0.3 is 18.3 Å². The zero-order valence-corrected chi connectivity index (χ0v) is 46.3. The second-order valence-corrected chi connectivity index (χ2v) is 22.7. The van der Waals surface area contributed by atoms with E-state index >= 15 is 0 Å². The van der Waals surface area contributed by atoms with Gasteiger partial charge in [0.25, 0.3) is 0 Å². The van der Waals surface area contributed by atoms with Crippen LogP contribution in [0.25, 0.3) is 0 Å². The van der Waals surface area contributed by atoms with E-state index in [0.717, 1.165) is 36.0 Å². The Balaban J connectivity index is 0.000000188. The molecule has 3 saturated heterocycles. The number of aliphatic hydroxyl groups excluding tert-OH is 1. The number of halogens is 4. The van der Waals surface area contributed by atoms with Crippen molar-refractivity contribution in [3.63, 3.8) is 0 Å². The monoisotopic (exact) mass is 1090 g/mol. The quantitative estimate of drug-likeness (QED) is 0.132. The summed E-state index contributed by atoms with van der Waals surface area (Å²) < 4.78 is 55.0. The first kappa shape index (κ1) is 59.0. The largest absolute Gasteiger partial charge is 0.484 e. The van der Waals surface area contributed by atoms with Gasteiger partial charge in [0.05, 0.1) is 23.7 Å². The molecule has 15 nitrogen and oxygen atoms in total. The molecule has 0 bridgehead atoms. The Morgan fingerprint density at radius 3 is 1.14 bits per heavy atom. The fourth-order valence-corrected chi connectivity index (χ4v) is 8.88. The van der Waals surface area contributed by atoms with Crippen molar-refractivity contribution in [1.82, 2.24) is 29.7 Å². The summed E-state index contributed by atoms with van der Waals surface area (Å²) >= 11 is 11.5. The van der Waals surface area contributed by atoms with Crippen LogP contribution in [0.4, 0.5) is 23.2 Å². The average molecular weight is 1090 g/mol. The third kappa shape index (κ3) is 18.5. The second kappa shape index (κ2) is 26.2. The molecule has 3 amide bonds. The van der Waals surface area contributed by atoms with Gasteiger partial charge in [-0.1, -0.05) is 23.2 Å². The molecule has 3 atom stereocenters. The topological polar surface area (TPSA) is 166 Å². The highest BCUT2D eigenvalue weighted by molar-refractivity contribution is 6.30. The summed E-state index contributed by atoms with van der Waals surface area (Å²) in [5.74, 6) is -0.0408. The Labute approximate surface area is 454 Å². The lowest BCUT2D eigenvalue weighted by Gasteiger charge is -2.24. The number of carbonyl (C=O) groups is 3. The first-order valence-corrected chi connectivity index (χ1v) is 26.1. The number of hydrogen-bond acceptors (Lipinski definition) is 12. The van der Waals surface area contributed by atoms with Crippen LogP contribution in [0, 0.1) is 11.6 Å². The highest BCUT2D eigenvalue weighted by atomic mass is 35.5. The lowest BCUT2D eigenvalue weighted by molar-refractivity contribution is 0.0282. The number of aromatic nitrogens is 3. The summed E-state index contributed by atoms with van der Waals surface area (Å²) in [6.07, 6.45) is 6.92. The van der Waals surface area contributed by atoms with Crippen LogP contribution in [0.1, 0.15) is 133 Å². The maximum Gasteiger partial charge on any atom is 0.410 e. The standard InChI is InChI=1S/2C21H24ClFN2O3.C15H22N2O3/c2*1-21(2,3)28-20(26)25-9-7-15(12-25)14-6-8-24-17(10-14)13-27-19-5-4-16(22)11-18(19)23;1-15(2,3)20-14(19)17-7-5-12(9-17)11-4-6-16-13(8-11)10-18/h2*4-6,8,10-11,15H,7,9,12-13H2,1-3H3;4,6,8,12,18H,5,7,9-10H2,1-3H3/t2*15-;/m10./s1. The molecule has 410 valence electrons. The number of nitrogens with zero attached hydrogens (tertiary/aromatic N) is 6. The Morgan fingerprint density at radius 2 is 0.842 bits per heavy atom. The molecule has 8 rings (SSSR count). The van der Waals surface area contributed by atoms with E-state index in [2.05, 4.69) is 15.0 Å². The Bertz CT molecular complexity index is 2630. The van der Waals surface area contributed by atoms with E-state index in [9.17, 15) is 23.2 Å². The average Bonchev–Trinajstić information content (AvgIpc) is 4.16.